The van der Waals surface area contributed by atoms with Gasteiger partial charge >= 0.3 is 6.18 Å². The van der Waals surface area contributed by atoms with Crippen LogP contribution in [0.3, 0.4) is 0 Å². The van der Waals surface area contributed by atoms with Crippen molar-refractivity contribution in [2.24, 2.45) is 0 Å². The Balaban J connectivity index is 2.11. The number of benzene rings is 2. The zero-order chi connectivity index (χ0) is 17.9. The van der Waals surface area contributed by atoms with E-state index in [9.17, 15) is 22.4 Å². The highest BCUT2D eigenvalue weighted by Gasteiger charge is 2.33. The lowest BCUT2D eigenvalue weighted by Crippen LogP contribution is -2.32. The lowest BCUT2D eigenvalue weighted by atomic mass is 10.1. The highest BCUT2D eigenvalue weighted by atomic mass is 19.4. The lowest BCUT2D eigenvalue weighted by molar-refractivity contribution is -0.137. The molecule has 0 fully saturated rings. The van der Waals surface area contributed by atoms with Crippen LogP contribution in [0.1, 0.15) is 18.1 Å². The topological polar surface area (TPSA) is 41.1 Å². The van der Waals surface area contributed by atoms with Crippen molar-refractivity contribution in [1.29, 1.82) is 0 Å². The van der Waals surface area contributed by atoms with E-state index in [0.29, 0.717) is 11.3 Å². The van der Waals surface area contributed by atoms with E-state index in [1.807, 2.05) is 0 Å². The number of hydrogen-bond acceptors (Lipinski definition) is 2. The molecule has 3 nitrogen and oxygen atoms in total. The Kier molecular flexibility index (Phi) is 5.11. The van der Waals surface area contributed by atoms with E-state index in [-0.39, 0.29) is 5.69 Å². The van der Waals surface area contributed by atoms with Crippen LogP contribution in [-0.2, 0) is 11.0 Å². The third-order valence-corrected chi connectivity index (χ3v) is 3.44. The fourth-order valence-corrected chi connectivity index (χ4v) is 2.08. The first kappa shape index (κ1) is 17.8. The van der Waals surface area contributed by atoms with Crippen molar-refractivity contribution in [3.63, 3.8) is 0 Å². The SMILES string of the molecule is Cc1ccc(NC(C)C(=O)Nc2ccccc2C(F)(F)F)cc1F. The van der Waals surface area contributed by atoms with Crippen molar-refractivity contribution in [2.75, 3.05) is 10.6 Å². The highest BCUT2D eigenvalue weighted by molar-refractivity contribution is 5.96. The van der Waals surface area contributed by atoms with Crippen molar-refractivity contribution in [3.05, 3.63) is 59.4 Å². The molecule has 1 atom stereocenters. The van der Waals surface area contributed by atoms with Gasteiger partial charge in [0.2, 0.25) is 5.91 Å². The largest absolute Gasteiger partial charge is 0.418 e. The van der Waals surface area contributed by atoms with Crippen molar-refractivity contribution in [1.82, 2.24) is 0 Å². The van der Waals surface area contributed by atoms with E-state index in [1.165, 1.54) is 31.2 Å². The van der Waals surface area contributed by atoms with E-state index in [1.54, 1.807) is 19.1 Å². The summed E-state index contributed by atoms with van der Waals surface area (Å²) in [4.78, 5) is 12.1. The highest BCUT2D eigenvalue weighted by Crippen LogP contribution is 2.34. The van der Waals surface area contributed by atoms with Gasteiger partial charge in [-0.25, -0.2) is 4.39 Å². The van der Waals surface area contributed by atoms with Crippen LogP contribution in [0.2, 0.25) is 0 Å². The molecule has 24 heavy (non-hydrogen) atoms. The number of alkyl halides is 3. The molecule has 0 saturated carbocycles. The van der Waals surface area contributed by atoms with E-state index in [2.05, 4.69) is 10.6 Å². The molecule has 0 heterocycles. The van der Waals surface area contributed by atoms with Crippen LogP contribution < -0.4 is 10.6 Å². The molecule has 128 valence electrons. The van der Waals surface area contributed by atoms with Gasteiger partial charge in [0, 0.05) is 5.69 Å². The predicted octanol–water partition coefficient (Wildman–Crippen LogP) is 4.59. The van der Waals surface area contributed by atoms with Crippen molar-refractivity contribution in [3.8, 4) is 0 Å². The van der Waals surface area contributed by atoms with Gasteiger partial charge in [0.15, 0.2) is 0 Å². The molecule has 0 aliphatic rings. The number of anilines is 2. The number of nitrogens with one attached hydrogen (secondary N) is 2. The van der Waals surface area contributed by atoms with Crippen LogP contribution in [0.15, 0.2) is 42.5 Å². The third kappa shape index (κ3) is 4.24. The van der Waals surface area contributed by atoms with Crippen LogP contribution in [0.5, 0.6) is 0 Å². The number of carbonyl (C=O) groups is 1. The van der Waals surface area contributed by atoms with Crippen LogP contribution in [0.25, 0.3) is 0 Å². The molecule has 0 bridgehead atoms. The van der Waals surface area contributed by atoms with Gasteiger partial charge in [-0.15, -0.1) is 0 Å². The van der Waals surface area contributed by atoms with E-state index in [4.69, 9.17) is 0 Å². The molecule has 0 saturated heterocycles. The molecular formula is C17H16F4N2O. The van der Waals surface area contributed by atoms with Crippen molar-refractivity contribution >= 4 is 17.3 Å². The number of halogens is 4. The van der Waals surface area contributed by atoms with Gasteiger partial charge in [0.25, 0.3) is 0 Å². The molecule has 1 unspecified atom stereocenters. The summed E-state index contributed by atoms with van der Waals surface area (Å²) in [6, 6.07) is 8.22. The quantitative estimate of drug-likeness (QED) is 0.799. The Bertz CT molecular complexity index is 744. The standard InChI is InChI=1S/C17H16F4N2O/c1-10-7-8-12(9-14(10)18)22-11(2)16(24)23-15-6-4-3-5-13(15)17(19,20)21/h3-9,11,22H,1-2H3,(H,23,24). The normalized spacial score (nSPS) is 12.6. The molecule has 0 aliphatic heterocycles. The van der Waals surface area contributed by atoms with E-state index < -0.39 is 29.5 Å². The second-order valence-electron chi connectivity index (χ2n) is 5.36. The monoisotopic (exact) mass is 340 g/mol. The summed E-state index contributed by atoms with van der Waals surface area (Å²) in [6.07, 6.45) is -4.57. The van der Waals surface area contributed by atoms with Gasteiger partial charge in [-0.3, -0.25) is 4.79 Å². The predicted molar refractivity (Wildman–Crippen MR) is 84.3 cm³/mol. The minimum atomic E-state index is -4.57. The Morgan fingerprint density at radius 1 is 1.12 bits per heavy atom. The number of carbonyl (C=O) groups excluding carboxylic acids is 1. The molecule has 0 aliphatic carbocycles. The fourth-order valence-electron chi connectivity index (χ4n) is 2.08. The summed E-state index contributed by atoms with van der Waals surface area (Å²) < 4.78 is 52.3. The van der Waals surface area contributed by atoms with Gasteiger partial charge in [-0.1, -0.05) is 18.2 Å². The summed E-state index contributed by atoms with van der Waals surface area (Å²) in [7, 11) is 0. The van der Waals surface area contributed by atoms with E-state index >= 15 is 0 Å². The first-order valence-corrected chi connectivity index (χ1v) is 7.18. The maximum Gasteiger partial charge on any atom is 0.418 e. The first-order chi connectivity index (χ1) is 11.2. The molecule has 7 heteroatoms. The number of para-hydroxylation sites is 1. The fraction of sp³-hybridized carbons (Fsp3) is 0.235. The second kappa shape index (κ2) is 6.90. The molecule has 0 radical (unpaired) electrons. The Hall–Kier alpha value is -2.57. The minimum Gasteiger partial charge on any atom is -0.374 e. The van der Waals surface area contributed by atoms with Gasteiger partial charge in [-0.05, 0) is 43.7 Å². The van der Waals surface area contributed by atoms with Crippen molar-refractivity contribution < 1.29 is 22.4 Å². The molecule has 1 amide bonds. The average Bonchev–Trinajstić information content (AvgIpc) is 2.50. The molecular weight excluding hydrogens is 324 g/mol. The lowest BCUT2D eigenvalue weighted by Gasteiger charge is -2.18. The Morgan fingerprint density at radius 3 is 2.42 bits per heavy atom. The summed E-state index contributed by atoms with van der Waals surface area (Å²) in [5.74, 6) is -1.09. The van der Waals surface area contributed by atoms with Gasteiger partial charge in [0.1, 0.15) is 11.9 Å². The molecule has 2 aromatic carbocycles. The molecule has 0 spiro atoms. The van der Waals surface area contributed by atoms with Crippen molar-refractivity contribution in [2.45, 2.75) is 26.1 Å². The molecule has 2 rings (SSSR count). The summed E-state index contributed by atoms with van der Waals surface area (Å²) >= 11 is 0. The molecule has 0 aromatic heterocycles. The van der Waals surface area contributed by atoms with Crippen LogP contribution >= 0.6 is 0 Å². The Labute approximate surface area is 136 Å². The number of rotatable bonds is 4. The van der Waals surface area contributed by atoms with Gasteiger partial charge in [-0.2, -0.15) is 13.2 Å². The molecule has 2 aromatic rings. The van der Waals surface area contributed by atoms with Crippen LogP contribution in [0, 0.1) is 12.7 Å². The average molecular weight is 340 g/mol. The van der Waals surface area contributed by atoms with Gasteiger partial charge in [0.05, 0.1) is 11.3 Å². The van der Waals surface area contributed by atoms with Gasteiger partial charge < -0.3 is 10.6 Å². The zero-order valence-electron chi connectivity index (χ0n) is 13.0. The summed E-state index contributed by atoms with van der Waals surface area (Å²) in [5.41, 5.74) is -0.424. The maximum atomic E-state index is 13.5. The number of hydrogen-bond donors (Lipinski definition) is 2. The first-order valence-electron chi connectivity index (χ1n) is 7.18. The molecule has 2 N–H and O–H groups in total. The minimum absolute atomic E-state index is 0.321. The summed E-state index contributed by atoms with van der Waals surface area (Å²) in [5, 5.41) is 5.00. The third-order valence-electron chi connectivity index (χ3n) is 3.44. The summed E-state index contributed by atoms with van der Waals surface area (Å²) in [6.45, 7) is 3.08. The Morgan fingerprint density at radius 2 is 1.79 bits per heavy atom. The zero-order valence-corrected chi connectivity index (χ0v) is 13.0. The second-order valence-corrected chi connectivity index (χ2v) is 5.36. The van der Waals surface area contributed by atoms with Crippen LogP contribution in [-0.4, -0.2) is 11.9 Å². The maximum absolute atomic E-state index is 13.5. The van der Waals surface area contributed by atoms with Crippen LogP contribution in [0.4, 0.5) is 28.9 Å². The number of amides is 1. The smallest absolute Gasteiger partial charge is 0.374 e. The van der Waals surface area contributed by atoms with E-state index in [0.717, 1.165) is 6.07 Å². The number of aryl methyl sites for hydroxylation is 1.